The Bertz CT molecular complexity index is 418. The maximum Gasteiger partial charge on any atom is 0.249 e. The van der Waals surface area contributed by atoms with Gasteiger partial charge in [0.1, 0.15) is 11.1 Å². The third kappa shape index (κ3) is 1.87. The monoisotopic (exact) mass is 278 g/mol. The molecule has 1 heterocycles. The Labute approximate surface area is 121 Å². The number of carbonyl (C=O) groups excluding carboxylic acids is 2. The van der Waals surface area contributed by atoms with E-state index in [1.807, 2.05) is 18.7 Å². The molecular formula is C16H26N2O2. The van der Waals surface area contributed by atoms with E-state index in [1.54, 1.807) is 0 Å². The summed E-state index contributed by atoms with van der Waals surface area (Å²) < 4.78 is 0. The fourth-order valence-corrected chi connectivity index (χ4v) is 3.96. The highest BCUT2D eigenvalue weighted by atomic mass is 16.2. The van der Waals surface area contributed by atoms with Crippen molar-refractivity contribution in [1.29, 1.82) is 0 Å². The van der Waals surface area contributed by atoms with Crippen molar-refractivity contribution in [2.45, 2.75) is 76.3 Å². The molecule has 1 aliphatic heterocycles. The van der Waals surface area contributed by atoms with Crippen LogP contribution in [0.15, 0.2) is 0 Å². The molecule has 1 spiro atoms. The fourth-order valence-electron chi connectivity index (χ4n) is 3.96. The smallest absolute Gasteiger partial charge is 0.249 e. The number of rotatable bonds is 4. The Hall–Kier alpha value is -1.06. The van der Waals surface area contributed by atoms with Crippen molar-refractivity contribution >= 4 is 11.8 Å². The van der Waals surface area contributed by atoms with Crippen molar-refractivity contribution in [3.63, 3.8) is 0 Å². The average Bonchev–Trinajstić information content (AvgIpc) is 3.15. The van der Waals surface area contributed by atoms with Gasteiger partial charge in [-0.05, 0) is 44.4 Å². The maximum absolute atomic E-state index is 13.1. The summed E-state index contributed by atoms with van der Waals surface area (Å²) in [5.41, 5.74) is -1.17. The first kappa shape index (κ1) is 13.9. The number of hydrogen-bond donors (Lipinski definition) is 1. The van der Waals surface area contributed by atoms with Gasteiger partial charge in [-0.3, -0.25) is 9.59 Å². The molecule has 0 unspecified atom stereocenters. The zero-order valence-corrected chi connectivity index (χ0v) is 12.7. The van der Waals surface area contributed by atoms with Crippen LogP contribution in [-0.2, 0) is 9.59 Å². The standard InChI is InChI=1S/C16H26N2O2/c1-3-15(4-2)14(20)18(11-12-7-8-12)16(13(19)17-15)9-5-6-10-16/h12H,3-11H2,1-2H3,(H,17,19). The van der Waals surface area contributed by atoms with E-state index < -0.39 is 11.1 Å². The number of hydrogen-bond acceptors (Lipinski definition) is 2. The molecular weight excluding hydrogens is 252 g/mol. The third-order valence-corrected chi connectivity index (χ3v) is 5.72. The first-order chi connectivity index (χ1) is 9.58. The van der Waals surface area contributed by atoms with Crippen LogP contribution in [0.4, 0.5) is 0 Å². The largest absolute Gasteiger partial charge is 0.340 e. The van der Waals surface area contributed by atoms with E-state index in [2.05, 4.69) is 5.32 Å². The molecule has 4 heteroatoms. The van der Waals surface area contributed by atoms with Gasteiger partial charge in [0, 0.05) is 6.54 Å². The molecule has 3 aliphatic rings. The predicted octanol–water partition coefficient (Wildman–Crippen LogP) is 2.23. The Kier molecular flexibility index (Phi) is 3.30. The molecule has 3 rings (SSSR count). The Morgan fingerprint density at radius 3 is 2.25 bits per heavy atom. The maximum atomic E-state index is 13.1. The minimum Gasteiger partial charge on any atom is -0.340 e. The summed E-state index contributed by atoms with van der Waals surface area (Å²) in [7, 11) is 0. The van der Waals surface area contributed by atoms with Crippen molar-refractivity contribution in [3.05, 3.63) is 0 Å². The Morgan fingerprint density at radius 1 is 1.15 bits per heavy atom. The summed E-state index contributed by atoms with van der Waals surface area (Å²) in [6.45, 7) is 4.81. The second-order valence-electron chi connectivity index (χ2n) is 6.84. The average molecular weight is 278 g/mol. The summed E-state index contributed by atoms with van der Waals surface area (Å²) in [5.74, 6) is 0.920. The van der Waals surface area contributed by atoms with Crippen molar-refractivity contribution in [3.8, 4) is 0 Å². The SMILES string of the molecule is CCC1(CC)NC(=O)C2(CCCC2)N(CC2CC2)C1=O. The van der Waals surface area contributed by atoms with E-state index >= 15 is 0 Å². The summed E-state index contributed by atoms with van der Waals surface area (Å²) in [5, 5.41) is 3.11. The van der Waals surface area contributed by atoms with Crippen LogP contribution < -0.4 is 5.32 Å². The first-order valence-electron chi connectivity index (χ1n) is 8.22. The van der Waals surface area contributed by atoms with Gasteiger partial charge in [0.25, 0.3) is 0 Å². The number of piperazine rings is 1. The molecule has 0 bridgehead atoms. The van der Waals surface area contributed by atoms with Crippen LogP contribution in [0.5, 0.6) is 0 Å². The molecule has 0 aromatic rings. The lowest BCUT2D eigenvalue weighted by Gasteiger charge is -2.51. The lowest BCUT2D eigenvalue weighted by atomic mass is 9.81. The zero-order valence-electron chi connectivity index (χ0n) is 12.7. The van der Waals surface area contributed by atoms with E-state index in [0.29, 0.717) is 18.8 Å². The van der Waals surface area contributed by atoms with Crippen molar-refractivity contribution in [1.82, 2.24) is 10.2 Å². The molecule has 0 atom stereocenters. The minimum absolute atomic E-state index is 0.110. The van der Waals surface area contributed by atoms with Crippen LogP contribution in [0.1, 0.15) is 65.2 Å². The Morgan fingerprint density at radius 2 is 1.75 bits per heavy atom. The molecule has 4 nitrogen and oxygen atoms in total. The van der Waals surface area contributed by atoms with Crippen LogP contribution in [0.2, 0.25) is 0 Å². The summed E-state index contributed by atoms with van der Waals surface area (Å²) in [4.78, 5) is 27.9. The van der Waals surface area contributed by atoms with Gasteiger partial charge in [0.15, 0.2) is 0 Å². The number of carbonyl (C=O) groups is 2. The highest BCUT2D eigenvalue weighted by Crippen LogP contribution is 2.43. The van der Waals surface area contributed by atoms with Gasteiger partial charge in [-0.25, -0.2) is 0 Å². The predicted molar refractivity (Wildman–Crippen MR) is 77.1 cm³/mol. The summed E-state index contributed by atoms with van der Waals surface area (Å²) in [6, 6.07) is 0. The quantitative estimate of drug-likeness (QED) is 0.857. The highest BCUT2D eigenvalue weighted by Gasteiger charge is 2.58. The molecule has 2 aliphatic carbocycles. The van der Waals surface area contributed by atoms with Crippen LogP contribution in [0, 0.1) is 5.92 Å². The third-order valence-electron chi connectivity index (χ3n) is 5.72. The van der Waals surface area contributed by atoms with Gasteiger partial charge in [-0.15, -0.1) is 0 Å². The second-order valence-corrected chi connectivity index (χ2v) is 6.84. The molecule has 1 N–H and O–H groups in total. The van der Waals surface area contributed by atoms with Crippen LogP contribution in [0.3, 0.4) is 0 Å². The van der Waals surface area contributed by atoms with Gasteiger partial charge in [-0.1, -0.05) is 26.7 Å². The summed E-state index contributed by atoms with van der Waals surface area (Å²) in [6.07, 6.45) is 7.62. The molecule has 112 valence electrons. The highest BCUT2D eigenvalue weighted by molar-refractivity contribution is 6.02. The molecule has 3 fully saturated rings. The molecule has 1 saturated heterocycles. The lowest BCUT2D eigenvalue weighted by Crippen LogP contribution is -2.75. The van der Waals surface area contributed by atoms with Gasteiger partial charge in [0.2, 0.25) is 11.8 Å². The first-order valence-corrected chi connectivity index (χ1v) is 8.22. The zero-order chi connectivity index (χ0) is 14.4. The molecule has 0 aromatic carbocycles. The van der Waals surface area contributed by atoms with E-state index in [1.165, 1.54) is 12.8 Å². The van der Waals surface area contributed by atoms with Crippen LogP contribution in [0.25, 0.3) is 0 Å². The molecule has 0 aromatic heterocycles. The van der Waals surface area contributed by atoms with Crippen molar-refractivity contribution in [2.24, 2.45) is 5.92 Å². The van der Waals surface area contributed by atoms with Gasteiger partial charge in [-0.2, -0.15) is 0 Å². The van der Waals surface area contributed by atoms with Crippen LogP contribution in [-0.4, -0.2) is 34.3 Å². The fraction of sp³-hybridized carbons (Fsp3) is 0.875. The summed E-state index contributed by atoms with van der Waals surface area (Å²) >= 11 is 0. The second kappa shape index (κ2) is 4.74. The number of amides is 2. The lowest BCUT2D eigenvalue weighted by molar-refractivity contribution is -0.164. The molecule has 0 radical (unpaired) electrons. The minimum atomic E-state index is -0.653. The topological polar surface area (TPSA) is 49.4 Å². The molecule has 2 saturated carbocycles. The van der Waals surface area contributed by atoms with E-state index in [-0.39, 0.29) is 11.8 Å². The number of nitrogens with one attached hydrogen (secondary N) is 1. The van der Waals surface area contributed by atoms with Crippen molar-refractivity contribution < 1.29 is 9.59 Å². The van der Waals surface area contributed by atoms with E-state index in [0.717, 1.165) is 32.2 Å². The van der Waals surface area contributed by atoms with Crippen LogP contribution >= 0.6 is 0 Å². The van der Waals surface area contributed by atoms with E-state index in [4.69, 9.17) is 0 Å². The normalized spacial score (nSPS) is 28.0. The van der Waals surface area contributed by atoms with E-state index in [9.17, 15) is 9.59 Å². The molecule has 2 amide bonds. The number of nitrogens with zero attached hydrogens (tertiary/aromatic N) is 1. The van der Waals surface area contributed by atoms with Gasteiger partial charge < -0.3 is 10.2 Å². The van der Waals surface area contributed by atoms with Gasteiger partial charge >= 0.3 is 0 Å². The molecule has 20 heavy (non-hydrogen) atoms. The Balaban J connectivity index is 1.96. The van der Waals surface area contributed by atoms with Gasteiger partial charge in [0.05, 0.1) is 0 Å². The van der Waals surface area contributed by atoms with Crippen molar-refractivity contribution in [2.75, 3.05) is 6.54 Å².